The van der Waals surface area contributed by atoms with E-state index in [1.54, 1.807) is 6.20 Å². The number of hydrogen-bond acceptors (Lipinski definition) is 6. The molecule has 33 heavy (non-hydrogen) atoms. The van der Waals surface area contributed by atoms with Gasteiger partial charge in [0, 0.05) is 39.8 Å². The van der Waals surface area contributed by atoms with Crippen LogP contribution in [0.2, 0.25) is 0 Å². The van der Waals surface area contributed by atoms with Crippen molar-refractivity contribution in [2.75, 3.05) is 0 Å². The van der Waals surface area contributed by atoms with Gasteiger partial charge in [0.1, 0.15) is 0 Å². The minimum absolute atomic E-state index is 0.0353. The van der Waals surface area contributed by atoms with Crippen LogP contribution >= 0.6 is 0 Å². The standard InChI is InChI=1S/C25H26N4O4/c1-4-14(3)32-24-13(2)9-17(12-26-24)25-28-23(29-33-25)16-6-8-20-19(10-16)18-7-5-15(11-21(30)31)22(18)27-20/h6,8-10,12,14-15,27H,4-5,7,11H2,1-3H3,(H,30,31). The molecule has 0 aliphatic heterocycles. The Hall–Kier alpha value is -3.68. The normalized spacial score (nSPS) is 16.2. The molecule has 1 aromatic carbocycles. The van der Waals surface area contributed by atoms with Crippen molar-refractivity contribution >= 4 is 16.9 Å². The van der Waals surface area contributed by atoms with Crippen LogP contribution in [0.4, 0.5) is 0 Å². The minimum atomic E-state index is -0.768. The molecule has 2 unspecified atom stereocenters. The fourth-order valence-electron chi connectivity index (χ4n) is 4.44. The second-order valence-electron chi connectivity index (χ2n) is 8.72. The molecule has 2 N–H and O–H groups in total. The van der Waals surface area contributed by atoms with Gasteiger partial charge in [0.15, 0.2) is 0 Å². The average molecular weight is 447 g/mol. The Labute approximate surface area is 191 Å². The van der Waals surface area contributed by atoms with Crippen molar-refractivity contribution in [1.29, 1.82) is 0 Å². The Balaban J connectivity index is 1.43. The van der Waals surface area contributed by atoms with E-state index in [1.807, 2.05) is 32.0 Å². The number of aromatic nitrogens is 4. The molecule has 0 bridgehead atoms. The molecule has 8 heteroatoms. The van der Waals surface area contributed by atoms with E-state index in [9.17, 15) is 9.90 Å². The van der Waals surface area contributed by atoms with Crippen molar-refractivity contribution in [3.63, 3.8) is 0 Å². The van der Waals surface area contributed by atoms with Crippen LogP contribution in [-0.4, -0.2) is 37.3 Å². The molecular formula is C25H26N4O4. The first kappa shape index (κ1) is 21.2. The van der Waals surface area contributed by atoms with E-state index < -0.39 is 5.97 Å². The van der Waals surface area contributed by atoms with Crippen molar-refractivity contribution < 1.29 is 19.2 Å². The van der Waals surface area contributed by atoms with Crippen LogP contribution in [-0.2, 0) is 11.2 Å². The predicted molar refractivity (Wildman–Crippen MR) is 123 cm³/mol. The fraction of sp³-hybridized carbons (Fsp3) is 0.360. The number of carboxylic acid groups (broad SMARTS) is 1. The summed E-state index contributed by atoms with van der Waals surface area (Å²) in [5.41, 5.74) is 5.73. The lowest BCUT2D eigenvalue weighted by Crippen LogP contribution is -2.11. The molecule has 0 radical (unpaired) electrons. The fourth-order valence-corrected chi connectivity index (χ4v) is 4.44. The number of ether oxygens (including phenoxy) is 1. The topological polar surface area (TPSA) is 114 Å². The van der Waals surface area contributed by atoms with Crippen LogP contribution in [0.5, 0.6) is 5.88 Å². The summed E-state index contributed by atoms with van der Waals surface area (Å²) in [5.74, 6) is 0.779. The summed E-state index contributed by atoms with van der Waals surface area (Å²) < 4.78 is 11.4. The maximum Gasteiger partial charge on any atom is 0.304 e. The zero-order valence-corrected chi connectivity index (χ0v) is 18.9. The summed E-state index contributed by atoms with van der Waals surface area (Å²) in [6.45, 7) is 6.04. The monoisotopic (exact) mass is 446 g/mol. The van der Waals surface area contributed by atoms with Crippen LogP contribution in [0.25, 0.3) is 33.7 Å². The smallest absolute Gasteiger partial charge is 0.304 e. The number of rotatable bonds is 7. The van der Waals surface area contributed by atoms with Gasteiger partial charge in [0.2, 0.25) is 11.7 Å². The molecule has 0 saturated heterocycles. The van der Waals surface area contributed by atoms with Crippen LogP contribution in [0.15, 0.2) is 35.0 Å². The quantitative estimate of drug-likeness (QED) is 0.397. The van der Waals surface area contributed by atoms with Gasteiger partial charge in [-0.05, 0) is 62.9 Å². The summed E-state index contributed by atoms with van der Waals surface area (Å²) in [6.07, 6.45) is 4.56. The lowest BCUT2D eigenvalue weighted by Gasteiger charge is -2.13. The number of benzene rings is 1. The van der Waals surface area contributed by atoms with E-state index in [4.69, 9.17) is 9.26 Å². The lowest BCUT2D eigenvalue weighted by molar-refractivity contribution is -0.137. The number of nitrogens with zero attached hydrogens (tertiary/aromatic N) is 3. The molecule has 3 heterocycles. The van der Waals surface area contributed by atoms with E-state index in [0.717, 1.165) is 52.5 Å². The minimum Gasteiger partial charge on any atom is -0.481 e. The summed E-state index contributed by atoms with van der Waals surface area (Å²) in [6, 6.07) is 7.92. The lowest BCUT2D eigenvalue weighted by atomic mass is 10.0. The van der Waals surface area contributed by atoms with Crippen molar-refractivity contribution in [2.45, 2.75) is 58.5 Å². The molecule has 2 atom stereocenters. The van der Waals surface area contributed by atoms with Gasteiger partial charge in [-0.25, -0.2) is 4.98 Å². The summed E-state index contributed by atoms with van der Waals surface area (Å²) in [7, 11) is 0. The third-order valence-corrected chi connectivity index (χ3v) is 6.36. The Kier molecular flexibility index (Phi) is 5.36. The number of H-pyrrole nitrogens is 1. The third-order valence-electron chi connectivity index (χ3n) is 6.36. The first-order valence-electron chi connectivity index (χ1n) is 11.3. The van der Waals surface area contributed by atoms with Gasteiger partial charge in [0.25, 0.3) is 5.89 Å². The van der Waals surface area contributed by atoms with Crippen LogP contribution < -0.4 is 4.74 Å². The highest BCUT2D eigenvalue weighted by Crippen LogP contribution is 2.40. The molecule has 5 rings (SSSR count). The van der Waals surface area contributed by atoms with Crippen LogP contribution in [0, 0.1) is 6.92 Å². The van der Waals surface area contributed by atoms with Crippen LogP contribution in [0.3, 0.4) is 0 Å². The third kappa shape index (κ3) is 3.97. The molecule has 0 spiro atoms. The van der Waals surface area contributed by atoms with Crippen molar-refractivity contribution in [3.8, 4) is 28.7 Å². The summed E-state index contributed by atoms with van der Waals surface area (Å²) in [5, 5.41) is 14.5. The van der Waals surface area contributed by atoms with Crippen LogP contribution in [0.1, 0.15) is 55.8 Å². The molecular weight excluding hydrogens is 420 g/mol. The van der Waals surface area contributed by atoms with Gasteiger partial charge >= 0.3 is 5.97 Å². The Morgan fingerprint density at radius 2 is 2.18 bits per heavy atom. The molecule has 0 amide bonds. The zero-order chi connectivity index (χ0) is 23.1. The highest BCUT2D eigenvalue weighted by molar-refractivity contribution is 5.89. The van der Waals surface area contributed by atoms with E-state index in [-0.39, 0.29) is 18.4 Å². The van der Waals surface area contributed by atoms with Crippen molar-refractivity contribution in [1.82, 2.24) is 20.1 Å². The highest BCUT2D eigenvalue weighted by Gasteiger charge is 2.28. The van der Waals surface area contributed by atoms with E-state index >= 15 is 0 Å². The van der Waals surface area contributed by atoms with E-state index in [1.165, 1.54) is 5.56 Å². The zero-order valence-electron chi connectivity index (χ0n) is 18.9. The largest absolute Gasteiger partial charge is 0.481 e. The summed E-state index contributed by atoms with van der Waals surface area (Å²) in [4.78, 5) is 23.6. The molecule has 1 aliphatic carbocycles. The maximum atomic E-state index is 11.2. The van der Waals surface area contributed by atoms with E-state index in [0.29, 0.717) is 17.6 Å². The molecule has 4 aromatic rings. The van der Waals surface area contributed by atoms with Crippen molar-refractivity contribution in [2.24, 2.45) is 0 Å². The number of aliphatic carboxylic acids is 1. The maximum absolute atomic E-state index is 11.2. The number of hydrogen-bond donors (Lipinski definition) is 2. The first-order chi connectivity index (χ1) is 15.9. The molecule has 170 valence electrons. The van der Waals surface area contributed by atoms with Gasteiger partial charge in [-0.15, -0.1) is 0 Å². The molecule has 0 fully saturated rings. The summed E-state index contributed by atoms with van der Waals surface area (Å²) >= 11 is 0. The SMILES string of the molecule is CCC(C)Oc1ncc(-c2nc(-c3ccc4[nH]c5c(c4c3)CCC5CC(=O)O)no2)cc1C. The average Bonchev–Trinajstić information content (AvgIpc) is 3.51. The molecule has 1 aliphatic rings. The second kappa shape index (κ2) is 8.35. The van der Waals surface area contributed by atoms with Gasteiger partial charge in [-0.3, -0.25) is 4.79 Å². The van der Waals surface area contributed by atoms with Gasteiger partial charge in [0.05, 0.1) is 18.1 Å². The van der Waals surface area contributed by atoms with Gasteiger partial charge in [-0.2, -0.15) is 4.98 Å². The Morgan fingerprint density at radius 1 is 1.33 bits per heavy atom. The Morgan fingerprint density at radius 3 is 2.94 bits per heavy atom. The molecule has 0 saturated carbocycles. The second-order valence-corrected chi connectivity index (χ2v) is 8.72. The van der Waals surface area contributed by atoms with Crippen molar-refractivity contribution in [3.05, 3.63) is 47.3 Å². The number of fused-ring (bicyclic) bond motifs is 3. The number of carboxylic acids is 1. The highest BCUT2D eigenvalue weighted by atomic mass is 16.5. The number of carbonyl (C=O) groups is 1. The molecule has 8 nitrogen and oxygen atoms in total. The van der Waals surface area contributed by atoms with Gasteiger partial charge in [-0.1, -0.05) is 12.1 Å². The first-order valence-corrected chi connectivity index (χ1v) is 11.3. The number of pyridine rings is 1. The number of aromatic amines is 1. The van der Waals surface area contributed by atoms with Gasteiger partial charge < -0.3 is 19.4 Å². The Bertz CT molecular complexity index is 1340. The van der Waals surface area contributed by atoms with E-state index in [2.05, 4.69) is 33.1 Å². The number of nitrogens with one attached hydrogen (secondary N) is 1. The number of aryl methyl sites for hydroxylation is 2. The predicted octanol–water partition coefficient (Wildman–Crippen LogP) is 5.27. The molecule has 3 aromatic heterocycles.